The van der Waals surface area contributed by atoms with E-state index in [-0.39, 0.29) is 0 Å². The first-order valence-electron chi connectivity index (χ1n) is 4.58. The van der Waals surface area contributed by atoms with E-state index in [4.69, 9.17) is 5.26 Å². The highest BCUT2D eigenvalue weighted by Gasteiger charge is 1.94. The molecule has 0 heterocycles. The zero-order valence-corrected chi connectivity index (χ0v) is 8.49. The molecule has 0 aliphatic carbocycles. The van der Waals surface area contributed by atoms with Gasteiger partial charge in [-0.1, -0.05) is 36.4 Å². The van der Waals surface area contributed by atoms with Crippen LogP contribution in [0.15, 0.2) is 48.1 Å². The monoisotopic (exact) mass is 183 g/mol. The zero-order valence-electron chi connectivity index (χ0n) is 8.49. The van der Waals surface area contributed by atoms with E-state index in [0.717, 1.165) is 11.1 Å². The normalized spacial score (nSPS) is 12.4. The second-order valence-corrected chi connectivity index (χ2v) is 3.05. The van der Waals surface area contributed by atoms with Crippen LogP contribution in [-0.4, -0.2) is 0 Å². The number of hydrogen-bond acceptors (Lipinski definition) is 1. The Kier molecular flexibility index (Phi) is 3.69. The molecule has 14 heavy (non-hydrogen) atoms. The lowest BCUT2D eigenvalue weighted by Gasteiger charge is -1.99. The molecule has 0 saturated carbocycles. The van der Waals surface area contributed by atoms with Gasteiger partial charge in [0.2, 0.25) is 0 Å². The topological polar surface area (TPSA) is 23.8 Å². The molecular weight excluding hydrogens is 170 g/mol. The highest BCUT2D eigenvalue weighted by molar-refractivity contribution is 5.67. The van der Waals surface area contributed by atoms with E-state index < -0.39 is 0 Å². The van der Waals surface area contributed by atoms with Gasteiger partial charge in [0.25, 0.3) is 0 Å². The number of rotatable bonds is 2. The first-order chi connectivity index (χ1) is 6.77. The summed E-state index contributed by atoms with van der Waals surface area (Å²) in [6, 6.07) is 12.2. The van der Waals surface area contributed by atoms with Crippen LogP contribution < -0.4 is 0 Å². The van der Waals surface area contributed by atoms with Crippen LogP contribution in [0.1, 0.15) is 19.4 Å². The molecule has 0 unspecified atom stereocenters. The Bertz CT molecular complexity index is 391. The van der Waals surface area contributed by atoms with Crippen LogP contribution in [0.25, 0.3) is 5.57 Å². The number of hydrogen-bond donors (Lipinski definition) is 0. The molecule has 0 bridgehead atoms. The Morgan fingerprint density at radius 2 is 1.93 bits per heavy atom. The van der Waals surface area contributed by atoms with E-state index in [1.807, 2.05) is 56.3 Å². The maximum Gasteiger partial charge on any atom is 0.0988 e. The highest BCUT2D eigenvalue weighted by Crippen LogP contribution is 2.14. The molecule has 0 fully saturated rings. The highest BCUT2D eigenvalue weighted by atomic mass is 14.2. The quantitative estimate of drug-likeness (QED) is 0.508. The summed E-state index contributed by atoms with van der Waals surface area (Å²) < 4.78 is 0. The molecule has 0 saturated heterocycles. The zero-order chi connectivity index (χ0) is 10.4. The van der Waals surface area contributed by atoms with E-state index in [2.05, 4.69) is 6.07 Å². The van der Waals surface area contributed by atoms with Crippen molar-refractivity contribution in [3.63, 3.8) is 0 Å². The molecule has 0 amide bonds. The van der Waals surface area contributed by atoms with E-state index in [0.29, 0.717) is 5.57 Å². The van der Waals surface area contributed by atoms with Crippen LogP contribution >= 0.6 is 0 Å². The van der Waals surface area contributed by atoms with Gasteiger partial charge in [0.05, 0.1) is 6.07 Å². The summed E-state index contributed by atoms with van der Waals surface area (Å²) in [4.78, 5) is 0. The lowest BCUT2D eigenvalue weighted by atomic mass is 10.1. The molecule has 1 rings (SSSR count). The molecule has 0 aliphatic heterocycles. The van der Waals surface area contributed by atoms with Crippen LogP contribution in [0.4, 0.5) is 0 Å². The van der Waals surface area contributed by atoms with Crippen LogP contribution in [-0.2, 0) is 0 Å². The Hall–Kier alpha value is -1.81. The molecule has 0 aromatic heterocycles. The summed E-state index contributed by atoms with van der Waals surface area (Å²) >= 11 is 0. The summed E-state index contributed by atoms with van der Waals surface area (Å²) in [7, 11) is 0. The number of nitrogens with zero attached hydrogens (tertiary/aromatic N) is 1. The van der Waals surface area contributed by atoms with Gasteiger partial charge in [-0.25, -0.2) is 0 Å². The number of benzene rings is 1. The third-order valence-electron chi connectivity index (χ3n) is 2.04. The first kappa shape index (κ1) is 10.3. The van der Waals surface area contributed by atoms with Crippen molar-refractivity contribution in [2.45, 2.75) is 13.8 Å². The third kappa shape index (κ3) is 2.60. The molecule has 1 heteroatoms. The average molecular weight is 183 g/mol. The van der Waals surface area contributed by atoms with Gasteiger partial charge >= 0.3 is 0 Å². The Balaban J connectivity index is 2.97. The fourth-order valence-electron chi connectivity index (χ4n) is 1.20. The van der Waals surface area contributed by atoms with Crippen LogP contribution in [0.5, 0.6) is 0 Å². The maximum absolute atomic E-state index is 8.76. The fraction of sp³-hybridized carbons (Fsp3) is 0.154. The Morgan fingerprint density at radius 1 is 1.29 bits per heavy atom. The smallest absolute Gasteiger partial charge is 0.0988 e. The van der Waals surface area contributed by atoms with Gasteiger partial charge in [-0.15, -0.1) is 0 Å². The molecule has 0 atom stereocenters. The second kappa shape index (κ2) is 5.04. The van der Waals surface area contributed by atoms with Crippen molar-refractivity contribution in [2.75, 3.05) is 0 Å². The fourth-order valence-corrected chi connectivity index (χ4v) is 1.20. The summed E-state index contributed by atoms with van der Waals surface area (Å²) in [5.74, 6) is 0. The molecule has 0 spiro atoms. The van der Waals surface area contributed by atoms with Crippen molar-refractivity contribution in [1.82, 2.24) is 0 Å². The summed E-state index contributed by atoms with van der Waals surface area (Å²) in [5.41, 5.74) is 2.97. The SMILES string of the molecule is C/C=C(C#N)/C=C(\C)c1ccccc1. The Morgan fingerprint density at radius 3 is 2.43 bits per heavy atom. The van der Waals surface area contributed by atoms with Crippen molar-refractivity contribution < 1.29 is 0 Å². The van der Waals surface area contributed by atoms with Crippen molar-refractivity contribution >= 4 is 5.57 Å². The predicted molar refractivity (Wildman–Crippen MR) is 59.5 cm³/mol. The van der Waals surface area contributed by atoms with E-state index in [9.17, 15) is 0 Å². The van der Waals surface area contributed by atoms with Gasteiger partial charge in [0, 0.05) is 5.57 Å². The largest absolute Gasteiger partial charge is 0.192 e. The molecule has 0 aliphatic rings. The van der Waals surface area contributed by atoms with Gasteiger partial charge in [0.15, 0.2) is 0 Å². The molecule has 0 radical (unpaired) electrons. The van der Waals surface area contributed by atoms with Gasteiger partial charge in [-0.2, -0.15) is 5.26 Å². The minimum absolute atomic E-state index is 0.700. The number of nitriles is 1. The van der Waals surface area contributed by atoms with E-state index in [1.165, 1.54) is 0 Å². The minimum Gasteiger partial charge on any atom is -0.192 e. The van der Waals surface area contributed by atoms with Crippen LogP contribution in [0.2, 0.25) is 0 Å². The summed E-state index contributed by atoms with van der Waals surface area (Å²) in [6.45, 7) is 3.88. The van der Waals surface area contributed by atoms with Crippen molar-refractivity contribution in [2.24, 2.45) is 0 Å². The van der Waals surface area contributed by atoms with Crippen molar-refractivity contribution in [3.05, 3.63) is 53.6 Å². The molecule has 70 valence electrons. The van der Waals surface area contributed by atoms with Crippen LogP contribution in [0.3, 0.4) is 0 Å². The van der Waals surface area contributed by atoms with Gasteiger partial charge in [0.1, 0.15) is 0 Å². The standard InChI is InChI=1S/C13H13N/c1-3-12(10-14)9-11(2)13-7-5-4-6-8-13/h3-9H,1-2H3/b11-9+,12-3-. The van der Waals surface area contributed by atoms with Crippen molar-refractivity contribution in [3.8, 4) is 6.07 Å². The lowest BCUT2D eigenvalue weighted by Crippen LogP contribution is -1.79. The molecule has 0 N–H and O–H groups in total. The lowest BCUT2D eigenvalue weighted by molar-refractivity contribution is 1.47. The molecule has 1 nitrogen and oxygen atoms in total. The summed E-state index contributed by atoms with van der Waals surface area (Å²) in [5, 5.41) is 8.76. The van der Waals surface area contributed by atoms with Crippen molar-refractivity contribution in [1.29, 1.82) is 5.26 Å². The van der Waals surface area contributed by atoms with Gasteiger partial charge in [-0.3, -0.25) is 0 Å². The molecular formula is C13H13N. The first-order valence-corrected chi connectivity index (χ1v) is 4.58. The predicted octanol–water partition coefficient (Wildman–Crippen LogP) is 3.56. The van der Waals surface area contributed by atoms with Gasteiger partial charge in [-0.05, 0) is 31.1 Å². The van der Waals surface area contributed by atoms with Gasteiger partial charge < -0.3 is 0 Å². The van der Waals surface area contributed by atoms with E-state index >= 15 is 0 Å². The van der Waals surface area contributed by atoms with Crippen LogP contribution in [0, 0.1) is 11.3 Å². The Labute approximate surface area is 85.0 Å². The maximum atomic E-state index is 8.76. The minimum atomic E-state index is 0.700. The molecule has 1 aromatic rings. The average Bonchev–Trinajstić information content (AvgIpc) is 2.26. The molecule has 1 aromatic carbocycles. The summed E-state index contributed by atoms with van der Waals surface area (Å²) in [6.07, 6.45) is 3.71. The second-order valence-electron chi connectivity index (χ2n) is 3.05. The number of allylic oxidation sites excluding steroid dienone is 4. The third-order valence-corrected chi connectivity index (χ3v) is 2.04. The van der Waals surface area contributed by atoms with E-state index in [1.54, 1.807) is 0 Å².